The molecule has 2 atom stereocenters. The van der Waals surface area contributed by atoms with Gasteiger partial charge in [-0.2, -0.15) is 0 Å². The third-order valence-electron chi connectivity index (χ3n) is 2.06. The van der Waals surface area contributed by atoms with Gasteiger partial charge in [0.2, 0.25) is 5.89 Å². The van der Waals surface area contributed by atoms with Crippen LogP contribution in [0.25, 0.3) is 0 Å². The van der Waals surface area contributed by atoms with E-state index in [0.717, 1.165) is 5.76 Å². The van der Waals surface area contributed by atoms with E-state index >= 15 is 0 Å². The Bertz CT molecular complexity index is 335. The maximum absolute atomic E-state index is 11.1. The van der Waals surface area contributed by atoms with Gasteiger partial charge in [0.15, 0.2) is 0 Å². The van der Waals surface area contributed by atoms with E-state index in [-0.39, 0.29) is 18.1 Å². The molecule has 1 aromatic rings. The van der Waals surface area contributed by atoms with Gasteiger partial charge >= 0.3 is 5.97 Å². The van der Waals surface area contributed by atoms with Gasteiger partial charge in [-0.1, -0.05) is 0 Å². The average molecular weight is 212 g/mol. The van der Waals surface area contributed by atoms with Gasteiger partial charge in [0.25, 0.3) is 0 Å². The Morgan fingerprint density at radius 2 is 2.27 bits per heavy atom. The maximum Gasteiger partial charge on any atom is 0.322 e. The topological polar surface area (TPSA) is 64.4 Å². The van der Waals surface area contributed by atoms with Crippen LogP contribution in [0.15, 0.2) is 10.6 Å². The minimum Gasteiger partial charge on any atom is -0.468 e. The molecule has 1 N–H and O–H groups in total. The molecule has 5 nitrogen and oxygen atoms in total. The van der Waals surface area contributed by atoms with Gasteiger partial charge in [-0.25, -0.2) is 4.98 Å². The lowest BCUT2D eigenvalue weighted by Crippen LogP contribution is -2.36. The minimum absolute atomic E-state index is 0.118. The Morgan fingerprint density at radius 3 is 2.73 bits per heavy atom. The molecule has 84 valence electrons. The van der Waals surface area contributed by atoms with E-state index in [1.54, 1.807) is 13.1 Å². The Kier molecular flexibility index (Phi) is 3.85. The normalized spacial score (nSPS) is 14.7. The first-order valence-electron chi connectivity index (χ1n) is 4.80. The van der Waals surface area contributed by atoms with Gasteiger partial charge in [0.05, 0.1) is 19.3 Å². The SMILES string of the molecule is COC(=O)C(C)NC(C)c1ncc(C)o1. The lowest BCUT2D eigenvalue weighted by Gasteiger charge is -2.15. The zero-order chi connectivity index (χ0) is 11.4. The molecule has 0 saturated carbocycles. The summed E-state index contributed by atoms with van der Waals surface area (Å²) in [6.07, 6.45) is 1.65. The van der Waals surface area contributed by atoms with Crippen LogP contribution in [0.5, 0.6) is 0 Å². The summed E-state index contributed by atoms with van der Waals surface area (Å²) in [5, 5.41) is 3.03. The summed E-state index contributed by atoms with van der Waals surface area (Å²) in [7, 11) is 1.36. The Hall–Kier alpha value is -1.36. The summed E-state index contributed by atoms with van der Waals surface area (Å²) in [5.74, 6) is 1.03. The molecule has 0 amide bonds. The van der Waals surface area contributed by atoms with Gasteiger partial charge in [-0.3, -0.25) is 10.1 Å². The van der Waals surface area contributed by atoms with Crippen molar-refractivity contribution in [2.24, 2.45) is 0 Å². The predicted molar refractivity (Wildman–Crippen MR) is 54.3 cm³/mol. The van der Waals surface area contributed by atoms with Crippen molar-refractivity contribution in [1.29, 1.82) is 0 Å². The largest absolute Gasteiger partial charge is 0.468 e. The standard InChI is InChI=1S/C10H16N2O3/c1-6-5-11-9(15-6)7(2)12-8(3)10(13)14-4/h5,7-8,12H,1-4H3. The third-order valence-corrected chi connectivity index (χ3v) is 2.06. The fourth-order valence-electron chi connectivity index (χ4n) is 1.26. The molecule has 0 aliphatic heterocycles. The van der Waals surface area contributed by atoms with E-state index in [2.05, 4.69) is 15.0 Å². The van der Waals surface area contributed by atoms with E-state index in [1.165, 1.54) is 7.11 Å². The van der Waals surface area contributed by atoms with Crippen LogP contribution in [0.4, 0.5) is 0 Å². The first kappa shape index (κ1) is 11.7. The number of aryl methyl sites for hydroxylation is 1. The van der Waals surface area contributed by atoms with E-state index in [4.69, 9.17) is 4.42 Å². The first-order chi connectivity index (χ1) is 7.04. The summed E-state index contributed by atoms with van der Waals surface area (Å²) in [6.45, 7) is 5.44. The third kappa shape index (κ3) is 3.06. The van der Waals surface area contributed by atoms with E-state index < -0.39 is 0 Å². The van der Waals surface area contributed by atoms with Crippen LogP contribution >= 0.6 is 0 Å². The molecule has 1 heterocycles. The van der Waals surface area contributed by atoms with Crippen molar-refractivity contribution < 1.29 is 13.9 Å². The van der Waals surface area contributed by atoms with Crippen LogP contribution in [0.2, 0.25) is 0 Å². The quantitative estimate of drug-likeness (QED) is 0.759. The highest BCUT2D eigenvalue weighted by Gasteiger charge is 2.19. The molecule has 2 unspecified atom stereocenters. The summed E-state index contributed by atoms with van der Waals surface area (Å²) in [4.78, 5) is 15.2. The Balaban J connectivity index is 2.55. The second-order valence-corrected chi connectivity index (χ2v) is 3.44. The first-order valence-corrected chi connectivity index (χ1v) is 4.80. The van der Waals surface area contributed by atoms with Crippen molar-refractivity contribution in [3.8, 4) is 0 Å². The van der Waals surface area contributed by atoms with Crippen LogP contribution in [-0.2, 0) is 9.53 Å². The predicted octanol–water partition coefficient (Wildman–Crippen LogP) is 1.20. The van der Waals surface area contributed by atoms with E-state index in [9.17, 15) is 4.79 Å². The highest BCUT2D eigenvalue weighted by molar-refractivity contribution is 5.75. The molecule has 0 bridgehead atoms. The van der Waals surface area contributed by atoms with Gasteiger partial charge < -0.3 is 9.15 Å². The monoisotopic (exact) mass is 212 g/mol. The number of esters is 1. The molecule has 0 saturated heterocycles. The number of hydrogen-bond acceptors (Lipinski definition) is 5. The number of carbonyl (C=O) groups excluding carboxylic acids is 1. The Morgan fingerprint density at radius 1 is 1.60 bits per heavy atom. The van der Waals surface area contributed by atoms with Crippen LogP contribution < -0.4 is 5.32 Å². The molecule has 0 fully saturated rings. The van der Waals surface area contributed by atoms with Crippen LogP contribution in [0, 0.1) is 6.92 Å². The number of nitrogens with one attached hydrogen (secondary N) is 1. The van der Waals surface area contributed by atoms with Crippen molar-refractivity contribution in [2.45, 2.75) is 32.9 Å². The summed E-state index contributed by atoms with van der Waals surface area (Å²) in [5.41, 5.74) is 0. The second kappa shape index (κ2) is 4.93. The molecule has 0 aliphatic carbocycles. The highest BCUT2D eigenvalue weighted by atomic mass is 16.5. The fraction of sp³-hybridized carbons (Fsp3) is 0.600. The molecule has 5 heteroatoms. The smallest absolute Gasteiger partial charge is 0.322 e. The summed E-state index contributed by atoms with van der Waals surface area (Å²) < 4.78 is 9.94. The van der Waals surface area contributed by atoms with Crippen LogP contribution in [-0.4, -0.2) is 24.1 Å². The number of methoxy groups -OCH3 is 1. The van der Waals surface area contributed by atoms with E-state index in [1.807, 2.05) is 13.8 Å². The van der Waals surface area contributed by atoms with Gasteiger partial charge in [-0.15, -0.1) is 0 Å². The lowest BCUT2D eigenvalue weighted by molar-refractivity contribution is -0.142. The van der Waals surface area contributed by atoms with Crippen molar-refractivity contribution in [3.63, 3.8) is 0 Å². The number of hydrogen-bond donors (Lipinski definition) is 1. The number of aromatic nitrogens is 1. The lowest BCUT2D eigenvalue weighted by atomic mass is 10.2. The molecule has 0 radical (unpaired) electrons. The summed E-state index contributed by atoms with van der Waals surface area (Å²) in [6, 6.07) is -0.495. The van der Waals surface area contributed by atoms with Gasteiger partial charge in [0.1, 0.15) is 11.8 Å². The molecule has 1 rings (SSSR count). The highest BCUT2D eigenvalue weighted by Crippen LogP contribution is 2.12. The molecule has 0 aliphatic rings. The zero-order valence-electron chi connectivity index (χ0n) is 9.40. The number of ether oxygens (including phenoxy) is 1. The molecule has 0 spiro atoms. The maximum atomic E-state index is 11.1. The molecular formula is C10H16N2O3. The van der Waals surface area contributed by atoms with Gasteiger partial charge in [-0.05, 0) is 20.8 Å². The second-order valence-electron chi connectivity index (χ2n) is 3.44. The molecule has 15 heavy (non-hydrogen) atoms. The van der Waals surface area contributed by atoms with Gasteiger partial charge in [0, 0.05) is 0 Å². The van der Waals surface area contributed by atoms with Crippen molar-refractivity contribution in [3.05, 3.63) is 17.8 Å². The molecule has 1 aromatic heterocycles. The minimum atomic E-state index is -0.378. The van der Waals surface area contributed by atoms with Crippen molar-refractivity contribution in [1.82, 2.24) is 10.3 Å². The zero-order valence-corrected chi connectivity index (χ0v) is 9.40. The fourth-order valence-corrected chi connectivity index (χ4v) is 1.26. The number of oxazole rings is 1. The van der Waals surface area contributed by atoms with E-state index in [0.29, 0.717) is 5.89 Å². The number of carbonyl (C=O) groups is 1. The molecular weight excluding hydrogens is 196 g/mol. The van der Waals surface area contributed by atoms with Crippen molar-refractivity contribution >= 4 is 5.97 Å². The van der Waals surface area contributed by atoms with Crippen LogP contribution in [0.3, 0.4) is 0 Å². The number of nitrogens with zero attached hydrogens (tertiary/aromatic N) is 1. The van der Waals surface area contributed by atoms with Crippen molar-refractivity contribution in [2.75, 3.05) is 7.11 Å². The molecule has 0 aromatic carbocycles. The average Bonchev–Trinajstić information content (AvgIpc) is 2.63. The number of rotatable bonds is 4. The Labute approximate surface area is 88.8 Å². The van der Waals surface area contributed by atoms with Crippen LogP contribution in [0.1, 0.15) is 31.5 Å². The summed E-state index contributed by atoms with van der Waals surface area (Å²) >= 11 is 0.